The van der Waals surface area contributed by atoms with E-state index in [0.717, 1.165) is 18.5 Å². The van der Waals surface area contributed by atoms with Gasteiger partial charge in [0.25, 0.3) is 0 Å². The first-order valence-electron chi connectivity index (χ1n) is 5.85. The first-order chi connectivity index (χ1) is 7.88. The molecule has 1 heterocycles. The zero-order valence-electron chi connectivity index (χ0n) is 10.4. The number of aromatic nitrogens is 1. The SMILES string of the molecule is CC(C)(C)OC(=O)c1c[nH]c2c1C(=O)CCC2. The van der Waals surface area contributed by atoms with Crippen LogP contribution in [0.25, 0.3) is 0 Å². The molecular formula is C13H17NO3. The molecule has 0 aliphatic heterocycles. The molecule has 0 spiro atoms. The number of rotatable bonds is 1. The molecule has 17 heavy (non-hydrogen) atoms. The molecule has 0 amide bonds. The Hall–Kier alpha value is -1.58. The second-order valence-electron chi connectivity index (χ2n) is 5.33. The average molecular weight is 235 g/mol. The van der Waals surface area contributed by atoms with Crippen LogP contribution < -0.4 is 0 Å². The summed E-state index contributed by atoms with van der Waals surface area (Å²) in [4.78, 5) is 26.8. The minimum Gasteiger partial charge on any atom is -0.456 e. The van der Waals surface area contributed by atoms with Gasteiger partial charge in [0.05, 0.1) is 11.1 Å². The summed E-state index contributed by atoms with van der Waals surface area (Å²) in [6, 6.07) is 0. The van der Waals surface area contributed by atoms with Crippen LogP contribution in [0.4, 0.5) is 0 Å². The van der Waals surface area contributed by atoms with Crippen molar-refractivity contribution in [1.82, 2.24) is 4.98 Å². The molecule has 1 aliphatic rings. The van der Waals surface area contributed by atoms with Crippen molar-refractivity contribution in [3.8, 4) is 0 Å². The number of carbonyl (C=O) groups is 2. The highest BCUT2D eigenvalue weighted by Crippen LogP contribution is 2.25. The van der Waals surface area contributed by atoms with Gasteiger partial charge in [-0.2, -0.15) is 0 Å². The van der Waals surface area contributed by atoms with Crippen molar-refractivity contribution in [3.63, 3.8) is 0 Å². The Balaban J connectivity index is 2.31. The van der Waals surface area contributed by atoms with Crippen molar-refractivity contribution in [3.05, 3.63) is 23.0 Å². The van der Waals surface area contributed by atoms with Crippen LogP contribution in [0.1, 0.15) is 60.0 Å². The fourth-order valence-corrected chi connectivity index (χ4v) is 2.03. The molecule has 1 aromatic rings. The Labute approximate surface area is 100 Å². The molecule has 4 nitrogen and oxygen atoms in total. The van der Waals surface area contributed by atoms with Crippen LogP contribution in [-0.4, -0.2) is 22.3 Å². The van der Waals surface area contributed by atoms with Gasteiger partial charge in [-0.3, -0.25) is 4.79 Å². The van der Waals surface area contributed by atoms with Crippen LogP contribution in [0.3, 0.4) is 0 Å². The van der Waals surface area contributed by atoms with Crippen LogP contribution in [0.5, 0.6) is 0 Å². The van der Waals surface area contributed by atoms with Crippen molar-refractivity contribution < 1.29 is 14.3 Å². The summed E-state index contributed by atoms with van der Waals surface area (Å²) in [6.07, 6.45) is 3.77. The maximum atomic E-state index is 11.9. The van der Waals surface area contributed by atoms with Crippen molar-refractivity contribution in [2.75, 3.05) is 0 Å². The molecule has 1 aromatic heterocycles. The Morgan fingerprint density at radius 2 is 2.06 bits per heavy atom. The summed E-state index contributed by atoms with van der Waals surface area (Å²) in [5.74, 6) is -0.390. The second kappa shape index (κ2) is 4.02. The molecular weight excluding hydrogens is 218 g/mol. The lowest BCUT2D eigenvalue weighted by Gasteiger charge is -2.20. The normalized spacial score (nSPS) is 15.6. The Bertz CT molecular complexity index is 465. The third-order valence-electron chi connectivity index (χ3n) is 2.69. The molecule has 0 radical (unpaired) electrons. The van der Waals surface area contributed by atoms with Crippen molar-refractivity contribution >= 4 is 11.8 Å². The molecule has 1 aliphatic carbocycles. The highest BCUT2D eigenvalue weighted by atomic mass is 16.6. The standard InChI is InChI=1S/C13H17NO3/c1-13(2,3)17-12(16)8-7-14-9-5-4-6-10(15)11(8)9/h7,14H,4-6H2,1-3H3. The largest absolute Gasteiger partial charge is 0.456 e. The number of ketones is 1. The summed E-state index contributed by atoms with van der Waals surface area (Å²) >= 11 is 0. The lowest BCUT2D eigenvalue weighted by atomic mass is 9.94. The monoisotopic (exact) mass is 235 g/mol. The van der Waals surface area contributed by atoms with Crippen LogP contribution in [-0.2, 0) is 11.2 Å². The van der Waals surface area contributed by atoms with Crippen LogP contribution >= 0.6 is 0 Å². The molecule has 0 fully saturated rings. The summed E-state index contributed by atoms with van der Waals surface area (Å²) in [6.45, 7) is 5.43. The Kier molecular flexibility index (Phi) is 2.81. The topological polar surface area (TPSA) is 59.2 Å². The summed E-state index contributed by atoms with van der Waals surface area (Å²) < 4.78 is 5.29. The first-order valence-corrected chi connectivity index (χ1v) is 5.85. The third-order valence-corrected chi connectivity index (χ3v) is 2.69. The van der Waals surface area contributed by atoms with Crippen LogP contribution in [0, 0.1) is 0 Å². The van der Waals surface area contributed by atoms with Gasteiger partial charge in [-0.15, -0.1) is 0 Å². The van der Waals surface area contributed by atoms with E-state index in [0.29, 0.717) is 17.5 Å². The number of aromatic amines is 1. The lowest BCUT2D eigenvalue weighted by Crippen LogP contribution is -2.25. The zero-order valence-corrected chi connectivity index (χ0v) is 10.4. The van der Waals surface area contributed by atoms with Gasteiger partial charge in [-0.25, -0.2) is 4.79 Å². The van der Waals surface area contributed by atoms with Gasteiger partial charge >= 0.3 is 5.97 Å². The van der Waals surface area contributed by atoms with Gasteiger partial charge in [0, 0.05) is 18.3 Å². The minimum atomic E-state index is -0.543. The number of carbonyl (C=O) groups excluding carboxylic acids is 2. The van der Waals surface area contributed by atoms with Crippen molar-refractivity contribution in [2.45, 2.75) is 45.6 Å². The number of Topliss-reactive ketones (excluding diaryl/α,β-unsaturated/α-hetero) is 1. The highest BCUT2D eigenvalue weighted by molar-refractivity contribution is 6.08. The van der Waals surface area contributed by atoms with E-state index in [-0.39, 0.29) is 5.78 Å². The summed E-state index contributed by atoms with van der Waals surface area (Å²) in [7, 11) is 0. The van der Waals surface area contributed by atoms with E-state index in [4.69, 9.17) is 4.74 Å². The number of H-pyrrole nitrogens is 1. The van der Waals surface area contributed by atoms with Gasteiger partial charge in [-0.05, 0) is 33.6 Å². The van der Waals surface area contributed by atoms with Crippen molar-refractivity contribution in [2.24, 2.45) is 0 Å². The molecule has 2 rings (SSSR count). The Morgan fingerprint density at radius 3 is 2.71 bits per heavy atom. The van der Waals surface area contributed by atoms with E-state index in [1.54, 1.807) is 6.20 Å². The fraction of sp³-hybridized carbons (Fsp3) is 0.538. The third kappa shape index (κ3) is 2.40. The number of esters is 1. The molecule has 0 atom stereocenters. The molecule has 0 saturated carbocycles. The van der Waals surface area contributed by atoms with Gasteiger partial charge < -0.3 is 9.72 Å². The van der Waals surface area contributed by atoms with Crippen LogP contribution in [0.15, 0.2) is 6.20 Å². The predicted octanol–water partition coefficient (Wildman–Crippen LogP) is 2.49. The van der Waals surface area contributed by atoms with Gasteiger partial charge in [0.1, 0.15) is 5.60 Å². The number of aryl methyl sites for hydroxylation is 1. The summed E-state index contributed by atoms with van der Waals surface area (Å²) in [5.41, 5.74) is 1.23. The zero-order chi connectivity index (χ0) is 12.6. The molecule has 4 heteroatoms. The average Bonchev–Trinajstić information content (AvgIpc) is 2.60. The quantitative estimate of drug-likeness (QED) is 0.761. The molecule has 0 unspecified atom stereocenters. The molecule has 0 aromatic carbocycles. The number of ether oxygens (including phenoxy) is 1. The molecule has 92 valence electrons. The fourth-order valence-electron chi connectivity index (χ4n) is 2.03. The highest BCUT2D eigenvalue weighted by Gasteiger charge is 2.28. The molecule has 0 bridgehead atoms. The van der Waals surface area contributed by atoms with E-state index in [9.17, 15) is 9.59 Å². The number of hydrogen-bond acceptors (Lipinski definition) is 3. The van der Waals surface area contributed by atoms with Crippen molar-refractivity contribution in [1.29, 1.82) is 0 Å². The second-order valence-corrected chi connectivity index (χ2v) is 5.33. The van der Waals surface area contributed by atoms with Gasteiger partial charge in [-0.1, -0.05) is 0 Å². The first kappa shape index (κ1) is 11.9. The van der Waals surface area contributed by atoms with E-state index < -0.39 is 11.6 Å². The van der Waals surface area contributed by atoms with Gasteiger partial charge in [0.2, 0.25) is 0 Å². The Morgan fingerprint density at radius 1 is 1.35 bits per heavy atom. The molecule has 1 N–H and O–H groups in total. The lowest BCUT2D eigenvalue weighted by molar-refractivity contribution is 0.00678. The number of nitrogens with one attached hydrogen (secondary N) is 1. The predicted molar refractivity (Wildman–Crippen MR) is 63.2 cm³/mol. The maximum absolute atomic E-state index is 11.9. The van der Waals surface area contributed by atoms with Gasteiger partial charge in [0.15, 0.2) is 5.78 Å². The molecule has 0 saturated heterocycles. The van der Waals surface area contributed by atoms with E-state index >= 15 is 0 Å². The number of hydrogen-bond donors (Lipinski definition) is 1. The summed E-state index contributed by atoms with van der Waals surface area (Å²) in [5, 5.41) is 0. The minimum absolute atomic E-state index is 0.0355. The van der Waals surface area contributed by atoms with E-state index in [1.165, 1.54) is 0 Å². The van der Waals surface area contributed by atoms with Crippen LogP contribution in [0.2, 0.25) is 0 Å². The maximum Gasteiger partial charge on any atom is 0.340 e. The smallest absolute Gasteiger partial charge is 0.340 e. The number of fused-ring (bicyclic) bond motifs is 1. The van der Waals surface area contributed by atoms with E-state index in [1.807, 2.05) is 20.8 Å². The van der Waals surface area contributed by atoms with E-state index in [2.05, 4.69) is 4.98 Å².